The van der Waals surface area contributed by atoms with Crippen LogP contribution in [0.4, 0.5) is 20.6 Å². The molecule has 176 valence electrons. The second-order valence-corrected chi connectivity index (χ2v) is 9.12. The first kappa shape index (κ1) is 23.0. The molecule has 3 amide bonds. The number of urea groups is 1. The highest BCUT2D eigenvalue weighted by atomic mass is 19.1. The molecule has 1 aliphatic carbocycles. The van der Waals surface area contributed by atoms with Gasteiger partial charge < -0.3 is 25.0 Å². The van der Waals surface area contributed by atoms with Crippen LogP contribution in [0.3, 0.4) is 0 Å². The summed E-state index contributed by atoms with van der Waals surface area (Å²) in [5, 5.41) is 5.59. The average Bonchev–Trinajstić information content (AvgIpc) is 3.50. The van der Waals surface area contributed by atoms with Crippen LogP contribution in [0.25, 0.3) is 0 Å². The van der Waals surface area contributed by atoms with E-state index in [1.165, 1.54) is 18.2 Å². The first-order valence-electron chi connectivity index (χ1n) is 12.0. The molecule has 1 saturated carbocycles. The van der Waals surface area contributed by atoms with Crippen LogP contribution in [-0.2, 0) is 14.3 Å². The van der Waals surface area contributed by atoms with Gasteiger partial charge in [0.05, 0.1) is 17.9 Å². The number of halogens is 1. The SMILES string of the molecule is O=C(Nc1cc(NC(=O)N(C[C@@H]2CCCO2)C[C@@H]2CCCO2)ccc1F)C1CCCCC1. The summed E-state index contributed by atoms with van der Waals surface area (Å²) in [6.45, 7) is 2.44. The van der Waals surface area contributed by atoms with E-state index >= 15 is 0 Å². The largest absolute Gasteiger partial charge is 0.376 e. The normalized spacial score (nSPS) is 23.8. The molecule has 8 heteroatoms. The zero-order valence-electron chi connectivity index (χ0n) is 18.6. The predicted molar refractivity (Wildman–Crippen MR) is 120 cm³/mol. The highest BCUT2D eigenvalue weighted by Gasteiger charge is 2.27. The van der Waals surface area contributed by atoms with Crippen LogP contribution in [0.5, 0.6) is 0 Å². The average molecular weight is 448 g/mol. The van der Waals surface area contributed by atoms with E-state index in [0.717, 1.165) is 71.0 Å². The summed E-state index contributed by atoms with van der Waals surface area (Å²) in [7, 11) is 0. The van der Waals surface area contributed by atoms with Crippen molar-refractivity contribution < 1.29 is 23.5 Å². The number of nitrogens with zero attached hydrogens (tertiary/aromatic N) is 1. The highest BCUT2D eigenvalue weighted by molar-refractivity contribution is 5.94. The standard InChI is InChI=1S/C24H34FN3O4/c25-21-11-10-18(14-22(21)27-23(29)17-6-2-1-3-7-17)26-24(30)28(15-19-8-4-12-31-19)16-20-9-5-13-32-20/h10-11,14,17,19-20H,1-9,12-13,15-16H2,(H,26,30)(H,27,29)/t19-,20-/m0/s1. The Labute approximate surface area is 189 Å². The van der Waals surface area contributed by atoms with Gasteiger partial charge in [0.15, 0.2) is 0 Å². The molecule has 2 atom stereocenters. The van der Waals surface area contributed by atoms with Crippen molar-refractivity contribution in [3.05, 3.63) is 24.0 Å². The topological polar surface area (TPSA) is 79.9 Å². The van der Waals surface area contributed by atoms with Gasteiger partial charge in [-0.3, -0.25) is 4.79 Å². The first-order valence-corrected chi connectivity index (χ1v) is 12.0. The Kier molecular flexibility index (Phi) is 7.97. The number of amides is 3. The molecule has 2 heterocycles. The Morgan fingerprint density at radius 2 is 1.56 bits per heavy atom. The molecule has 0 radical (unpaired) electrons. The second kappa shape index (κ2) is 11.1. The number of hydrogen-bond donors (Lipinski definition) is 2. The van der Waals surface area contributed by atoms with Gasteiger partial charge in [-0.25, -0.2) is 9.18 Å². The molecule has 0 aromatic heterocycles. The van der Waals surface area contributed by atoms with Crippen molar-refractivity contribution in [3.8, 4) is 0 Å². The molecule has 2 saturated heterocycles. The molecule has 3 fully saturated rings. The van der Waals surface area contributed by atoms with Gasteiger partial charge in [-0.2, -0.15) is 0 Å². The number of carbonyl (C=O) groups excluding carboxylic acids is 2. The molecule has 0 spiro atoms. The summed E-state index contributed by atoms with van der Waals surface area (Å²) >= 11 is 0. The van der Waals surface area contributed by atoms with Gasteiger partial charge >= 0.3 is 6.03 Å². The van der Waals surface area contributed by atoms with Gasteiger partial charge in [-0.15, -0.1) is 0 Å². The third kappa shape index (κ3) is 6.19. The Morgan fingerprint density at radius 3 is 2.16 bits per heavy atom. The number of rotatable bonds is 7. The zero-order valence-corrected chi connectivity index (χ0v) is 18.6. The molecule has 7 nitrogen and oxygen atoms in total. The summed E-state index contributed by atoms with van der Waals surface area (Å²) in [6, 6.07) is 4.01. The lowest BCUT2D eigenvalue weighted by atomic mass is 9.88. The van der Waals surface area contributed by atoms with Gasteiger partial charge in [0.1, 0.15) is 5.82 Å². The van der Waals surface area contributed by atoms with Gasteiger partial charge in [0, 0.05) is 37.9 Å². The molecule has 32 heavy (non-hydrogen) atoms. The van der Waals surface area contributed by atoms with Gasteiger partial charge in [-0.05, 0) is 56.7 Å². The van der Waals surface area contributed by atoms with Crippen molar-refractivity contribution in [2.24, 2.45) is 5.92 Å². The van der Waals surface area contributed by atoms with Crippen molar-refractivity contribution in [1.29, 1.82) is 0 Å². The van der Waals surface area contributed by atoms with E-state index in [9.17, 15) is 14.0 Å². The number of anilines is 2. The minimum atomic E-state index is -0.511. The van der Waals surface area contributed by atoms with Crippen LogP contribution in [0, 0.1) is 11.7 Å². The Balaban J connectivity index is 1.40. The van der Waals surface area contributed by atoms with Crippen molar-refractivity contribution in [3.63, 3.8) is 0 Å². The number of nitrogens with one attached hydrogen (secondary N) is 2. The Hall–Kier alpha value is -2.19. The Bertz CT molecular complexity index is 769. The summed E-state index contributed by atoms with van der Waals surface area (Å²) in [6.07, 6.45) is 8.81. The third-order valence-electron chi connectivity index (χ3n) is 6.63. The molecule has 2 N–H and O–H groups in total. The number of benzene rings is 1. The van der Waals surface area contributed by atoms with Crippen LogP contribution in [0.15, 0.2) is 18.2 Å². The summed E-state index contributed by atoms with van der Waals surface area (Å²) in [4.78, 5) is 27.4. The van der Waals surface area contributed by atoms with E-state index in [2.05, 4.69) is 10.6 Å². The minimum Gasteiger partial charge on any atom is -0.376 e. The van der Waals surface area contributed by atoms with Gasteiger partial charge in [0.2, 0.25) is 5.91 Å². The van der Waals surface area contributed by atoms with E-state index in [1.54, 1.807) is 4.90 Å². The molecule has 0 bridgehead atoms. The van der Waals surface area contributed by atoms with E-state index in [4.69, 9.17) is 9.47 Å². The molecule has 4 rings (SSSR count). The van der Waals surface area contributed by atoms with Gasteiger partial charge in [0.25, 0.3) is 0 Å². The van der Waals surface area contributed by atoms with E-state index in [0.29, 0.717) is 18.8 Å². The van der Waals surface area contributed by atoms with Crippen LogP contribution < -0.4 is 10.6 Å². The lowest BCUT2D eigenvalue weighted by Gasteiger charge is -2.28. The van der Waals surface area contributed by atoms with Crippen molar-refractivity contribution >= 4 is 23.3 Å². The van der Waals surface area contributed by atoms with Gasteiger partial charge in [-0.1, -0.05) is 19.3 Å². The number of carbonyl (C=O) groups is 2. The van der Waals surface area contributed by atoms with Crippen molar-refractivity contribution in [2.45, 2.75) is 70.0 Å². The molecule has 3 aliphatic rings. The summed E-state index contributed by atoms with van der Waals surface area (Å²) in [5.41, 5.74) is 0.545. The summed E-state index contributed by atoms with van der Waals surface area (Å²) in [5.74, 6) is -0.733. The zero-order chi connectivity index (χ0) is 22.3. The fraction of sp³-hybridized carbons (Fsp3) is 0.667. The molecule has 1 aromatic rings. The number of ether oxygens (including phenoxy) is 2. The molecule has 2 aliphatic heterocycles. The second-order valence-electron chi connectivity index (χ2n) is 9.12. The quantitative estimate of drug-likeness (QED) is 0.643. The fourth-order valence-corrected chi connectivity index (χ4v) is 4.81. The third-order valence-corrected chi connectivity index (χ3v) is 6.63. The van der Waals surface area contributed by atoms with E-state index in [1.807, 2.05) is 0 Å². The highest BCUT2D eigenvalue weighted by Crippen LogP contribution is 2.27. The molecular formula is C24H34FN3O4. The lowest BCUT2D eigenvalue weighted by Crippen LogP contribution is -2.44. The smallest absolute Gasteiger partial charge is 0.322 e. The first-order chi connectivity index (χ1) is 15.6. The molecule has 1 aromatic carbocycles. The lowest BCUT2D eigenvalue weighted by molar-refractivity contribution is -0.120. The number of hydrogen-bond acceptors (Lipinski definition) is 4. The maximum Gasteiger partial charge on any atom is 0.322 e. The molecular weight excluding hydrogens is 413 g/mol. The van der Waals surface area contributed by atoms with Crippen LogP contribution in [0.2, 0.25) is 0 Å². The van der Waals surface area contributed by atoms with Crippen molar-refractivity contribution in [2.75, 3.05) is 36.9 Å². The molecule has 0 unspecified atom stereocenters. The van der Waals surface area contributed by atoms with Crippen LogP contribution >= 0.6 is 0 Å². The van der Waals surface area contributed by atoms with E-state index < -0.39 is 5.82 Å². The van der Waals surface area contributed by atoms with Crippen molar-refractivity contribution in [1.82, 2.24) is 4.90 Å². The summed E-state index contributed by atoms with van der Waals surface area (Å²) < 4.78 is 25.8. The minimum absolute atomic E-state index is 0.0284. The monoisotopic (exact) mass is 447 g/mol. The van der Waals surface area contributed by atoms with Crippen LogP contribution in [0.1, 0.15) is 57.8 Å². The fourth-order valence-electron chi connectivity index (χ4n) is 4.81. The maximum absolute atomic E-state index is 14.4. The Morgan fingerprint density at radius 1 is 0.906 bits per heavy atom. The maximum atomic E-state index is 14.4. The predicted octanol–water partition coefficient (Wildman–Crippen LogP) is 4.54. The van der Waals surface area contributed by atoms with E-state index in [-0.39, 0.29) is 35.8 Å². The van der Waals surface area contributed by atoms with Crippen LogP contribution in [-0.4, -0.2) is 55.3 Å².